The zero-order chi connectivity index (χ0) is 18.1. The summed E-state index contributed by atoms with van der Waals surface area (Å²) < 4.78 is 4.61. The first kappa shape index (κ1) is 16.1. The number of H-pyrrole nitrogens is 1. The predicted octanol–water partition coefficient (Wildman–Crippen LogP) is 2.83. The molecule has 0 fully saturated rings. The molecular formula is C15H10N4O6. The molecule has 10 heteroatoms. The van der Waals surface area contributed by atoms with Gasteiger partial charge < -0.3 is 9.72 Å². The first-order valence-corrected chi connectivity index (χ1v) is 6.92. The number of benzene rings is 2. The number of hydrogen-bond acceptors (Lipinski definition) is 7. The first-order chi connectivity index (χ1) is 11.9. The molecule has 25 heavy (non-hydrogen) atoms. The SMILES string of the molecule is COC(=O)c1ccc(-c2nc3cc([N+](=O)[O-])c([N+](=O)[O-])cc3[nH]2)cc1. The fourth-order valence-electron chi connectivity index (χ4n) is 2.35. The minimum atomic E-state index is -0.822. The molecule has 0 spiro atoms. The van der Waals surface area contributed by atoms with Gasteiger partial charge in [-0.25, -0.2) is 9.78 Å². The summed E-state index contributed by atoms with van der Waals surface area (Å²) in [6.07, 6.45) is 0. The maximum Gasteiger partial charge on any atom is 0.348 e. The first-order valence-electron chi connectivity index (χ1n) is 6.92. The topological polar surface area (TPSA) is 141 Å². The molecule has 2 aromatic carbocycles. The van der Waals surface area contributed by atoms with Crippen LogP contribution in [0.5, 0.6) is 0 Å². The molecule has 126 valence electrons. The lowest BCUT2D eigenvalue weighted by molar-refractivity contribution is -0.422. The minimum absolute atomic E-state index is 0.226. The van der Waals surface area contributed by atoms with E-state index in [0.29, 0.717) is 22.5 Å². The number of nitrogens with zero attached hydrogens (tertiary/aromatic N) is 3. The van der Waals surface area contributed by atoms with Crippen molar-refractivity contribution in [1.82, 2.24) is 9.97 Å². The Hall–Kier alpha value is -3.82. The Labute approximate surface area is 139 Å². The number of esters is 1. The fourth-order valence-corrected chi connectivity index (χ4v) is 2.35. The number of nitro groups is 2. The maximum absolute atomic E-state index is 11.4. The van der Waals surface area contributed by atoms with Crippen LogP contribution in [0, 0.1) is 20.2 Å². The molecule has 0 atom stereocenters. The Bertz CT molecular complexity index is 958. The Kier molecular flexibility index (Phi) is 3.85. The minimum Gasteiger partial charge on any atom is -0.465 e. The fraction of sp³-hybridized carbons (Fsp3) is 0.0667. The Balaban J connectivity index is 2.08. The van der Waals surface area contributed by atoms with Crippen LogP contribution in [0.1, 0.15) is 10.4 Å². The van der Waals surface area contributed by atoms with Gasteiger partial charge in [0.2, 0.25) is 0 Å². The van der Waals surface area contributed by atoms with Crippen LogP contribution in [-0.4, -0.2) is 32.9 Å². The Morgan fingerprint density at radius 2 is 1.68 bits per heavy atom. The van der Waals surface area contributed by atoms with E-state index in [1.54, 1.807) is 24.3 Å². The van der Waals surface area contributed by atoms with Gasteiger partial charge in [-0.05, 0) is 12.1 Å². The third-order valence-corrected chi connectivity index (χ3v) is 3.55. The van der Waals surface area contributed by atoms with Gasteiger partial charge in [0, 0.05) is 11.6 Å². The molecule has 3 rings (SSSR count). The van der Waals surface area contributed by atoms with Crippen molar-refractivity contribution >= 4 is 28.4 Å². The maximum atomic E-state index is 11.4. The Morgan fingerprint density at radius 3 is 2.24 bits per heavy atom. The molecule has 0 aliphatic heterocycles. The predicted molar refractivity (Wildman–Crippen MR) is 86.2 cm³/mol. The van der Waals surface area contributed by atoms with E-state index in [1.165, 1.54) is 7.11 Å². The van der Waals surface area contributed by atoms with Crippen LogP contribution in [0.2, 0.25) is 0 Å². The van der Waals surface area contributed by atoms with Crippen molar-refractivity contribution in [1.29, 1.82) is 0 Å². The largest absolute Gasteiger partial charge is 0.465 e. The van der Waals surface area contributed by atoms with E-state index in [2.05, 4.69) is 14.7 Å². The standard InChI is InChI=1S/C15H10N4O6/c1-25-15(20)9-4-2-8(3-5-9)14-16-10-6-12(18(21)22)13(19(23)24)7-11(10)17-14/h2-7H,1H3,(H,16,17). The van der Waals surface area contributed by atoms with Crippen LogP contribution >= 0.6 is 0 Å². The molecule has 0 radical (unpaired) electrons. The van der Waals surface area contributed by atoms with E-state index in [1.807, 2.05) is 0 Å². The van der Waals surface area contributed by atoms with E-state index in [9.17, 15) is 25.0 Å². The number of hydrogen-bond donors (Lipinski definition) is 1. The quantitative estimate of drug-likeness (QED) is 0.436. The van der Waals surface area contributed by atoms with E-state index >= 15 is 0 Å². The number of carbonyl (C=O) groups is 1. The lowest BCUT2D eigenvalue weighted by Crippen LogP contribution is -2.00. The number of aromatic nitrogens is 2. The highest BCUT2D eigenvalue weighted by molar-refractivity contribution is 5.90. The van der Waals surface area contributed by atoms with Crippen LogP contribution < -0.4 is 0 Å². The molecule has 1 aromatic heterocycles. The van der Waals surface area contributed by atoms with Crippen molar-refractivity contribution < 1.29 is 19.4 Å². The van der Waals surface area contributed by atoms with Crippen molar-refractivity contribution in [2.75, 3.05) is 7.11 Å². The number of carbonyl (C=O) groups excluding carboxylic acids is 1. The number of fused-ring (bicyclic) bond motifs is 1. The summed E-state index contributed by atoms with van der Waals surface area (Å²) in [5.74, 6) is -0.122. The summed E-state index contributed by atoms with van der Waals surface area (Å²) in [6.45, 7) is 0. The van der Waals surface area contributed by atoms with Gasteiger partial charge in [-0.3, -0.25) is 20.2 Å². The van der Waals surface area contributed by atoms with Crippen molar-refractivity contribution in [3.8, 4) is 11.4 Å². The second kappa shape index (κ2) is 6.00. The second-order valence-electron chi connectivity index (χ2n) is 5.03. The summed E-state index contributed by atoms with van der Waals surface area (Å²) in [5.41, 5.74) is 0.238. The summed E-state index contributed by atoms with van der Waals surface area (Å²) >= 11 is 0. The number of methoxy groups -OCH3 is 1. The van der Waals surface area contributed by atoms with E-state index < -0.39 is 27.2 Å². The van der Waals surface area contributed by atoms with Crippen molar-refractivity contribution in [2.24, 2.45) is 0 Å². The Morgan fingerprint density at radius 1 is 1.08 bits per heavy atom. The van der Waals surface area contributed by atoms with Gasteiger partial charge >= 0.3 is 17.3 Å². The second-order valence-corrected chi connectivity index (χ2v) is 5.03. The highest BCUT2D eigenvalue weighted by Gasteiger charge is 2.26. The lowest BCUT2D eigenvalue weighted by atomic mass is 10.1. The van der Waals surface area contributed by atoms with Gasteiger partial charge in [-0.1, -0.05) is 12.1 Å². The molecule has 0 aliphatic rings. The van der Waals surface area contributed by atoms with Gasteiger partial charge in [-0.15, -0.1) is 0 Å². The van der Waals surface area contributed by atoms with Gasteiger partial charge in [0.1, 0.15) is 5.82 Å². The highest BCUT2D eigenvalue weighted by atomic mass is 16.6. The molecule has 0 saturated carbocycles. The van der Waals surface area contributed by atoms with Crippen LogP contribution in [0.4, 0.5) is 11.4 Å². The van der Waals surface area contributed by atoms with Gasteiger partial charge in [0.25, 0.3) is 0 Å². The third kappa shape index (κ3) is 2.87. The molecule has 1 heterocycles. The number of rotatable bonds is 4. The molecule has 3 aromatic rings. The summed E-state index contributed by atoms with van der Waals surface area (Å²) in [6, 6.07) is 8.45. The normalized spacial score (nSPS) is 10.6. The highest BCUT2D eigenvalue weighted by Crippen LogP contribution is 2.32. The van der Waals surface area contributed by atoms with Gasteiger partial charge in [-0.2, -0.15) is 0 Å². The molecule has 1 N–H and O–H groups in total. The van der Waals surface area contributed by atoms with Crippen molar-refractivity contribution in [3.05, 3.63) is 62.2 Å². The third-order valence-electron chi connectivity index (χ3n) is 3.55. The van der Waals surface area contributed by atoms with Gasteiger partial charge in [0.05, 0.1) is 39.6 Å². The van der Waals surface area contributed by atoms with E-state index in [4.69, 9.17) is 0 Å². The van der Waals surface area contributed by atoms with Crippen LogP contribution in [0.25, 0.3) is 22.4 Å². The molecule has 0 amide bonds. The molecule has 0 bridgehead atoms. The van der Waals surface area contributed by atoms with E-state index in [-0.39, 0.29) is 5.52 Å². The molecule has 0 saturated heterocycles. The molecule has 0 aliphatic carbocycles. The zero-order valence-electron chi connectivity index (χ0n) is 12.8. The number of nitrogens with one attached hydrogen (secondary N) is 1. The summed E-state index contributed by atoms with van der Waals surface area (Å²) in [7, 11) is 1.27. The van der Waals surface area contributed by atoms with Crippen molar-refractivity contribution in [2.45, 2.75) is 0 Å². The lowest BCUT2D eigenvalue weighted by Gasteiger charge is -2.00. The van der Waals surface area contributed by atoms with Gasteiger partial charge in [0.15, 0.2) is 0 Å². The molecule has 0 unspecified atom stereocenters. The van der Waals surface area contributed by atoms with Crippen LogP contribution in [-0.2, 0) is 4.74 Å². The summed E-state index contributed by atoms with van der Waals surface area (Å²) in [5, 5.41) is 22.0. The monoisotopic (exact) mass is 342 g/mol. The van der Waals surface area contributed by atoms with Crippen LogP contribution in [0.15, 0.2) is 36.4 Å². The molecule has 10 nitrogen and oxygen atoms in total. The number of ether oxygens (including phenoxy) is 1. The van der Waals surface area contributed by atoms with Crippen LogP contribution in [0.3, 0.4) is 0 Å². The number of aromatic amines is 1. The molecular weight excluding hydrogens is 332 g/mol. The number of nitro benzene ring substituents is 2. The smallest absolute Gasteiger partial charge is 0.348 e. The van der Waals surface area contributed by atoms with Crippen molar-refractivity contribution in [3.63, 3.8) is 0 Å². The average Bonchev–Trinajstić information content (AvgIpc) is 3.03. The average molecular weight is 342 g/mol. The number of imidazole rings is 1. The summed E-state index contributed by atoms with van der Waals surface area (Å²) in [4.78, 5) is 38.9. The zero-order valence-corrected chi connectivity index (χ0v) is 12.8. The van der Waals surface area contributed by atoms with E-state index in [0.717, 1.165) is 12.1 Å².